The van der Waals surface area contributed by atoms with E-state index in [1.807, 2.05) is 43.3 Å². The molecule has 1 amide bonds. The Kier molecular flexibility index (Phi) is 5.04. The van der Waals surface area contributed by atoms with E-state index in [1.54, 1.807) is 6.92 Å². The van der Waals surface area contributed by atoms with Crippen LogP contribution in [0.4, 0.5) is 11.4 Å². The van der Waals surface area contributed by atoms with Gasteiger partial charge in [0.25, 0.3) is 5.91 Å². The highest BCUT2D eigenvalue weighted by atomic mass is 16.5. The Bertz CT molecular complexity index is 691. The van der Waals surface area contributed by atoms with Gasteiger partial charge >= 0.3 is 0 Å². The van der Waals surface area contributed by atoms with E-state index in [9.17, 15) is 4.79 Å². The van der Waals surface area contributed by atoms with Crippen LogP contribution in [-0.2, 0) is 4.79 Å². The number of rotatable bonds is 5. The van der Waals surface area contributed by atoms with Gasteiger partial charge in [0.05, 0.1) is 0 Å². The fourth-order valence-electron chi connectivity index (χ4n) is 2.91. The predicted octanol–water partition coefficient (Wildman–Crippen LogP) is 4.00. The Balaban J connectivity index is 1.58. The normalized spacial score (nSPS) is 15.2. The summed E-state index contributed by atoms with van der Waals surface area (Å²) in [4.78, 5) is 14.7. The average molecular weight is 324 g/mol. The van der Waals surface area contributed by atoms with Crippen LogP contribution in [0.5, 0.6) is 5.75 Å². The summed E-state index contributed by atoms with van der Waals surface area (Å²) in [6.07, 6.45) is 1.96. The third kappa shape index (κ3) is 3.88. The zero-order chi connectivity index (χ0) is 16.9. The molecule has 0 bridgehead atoms. The molecule has 1 fully saturated rings. The lowest BCUT2D eigenvalue weighted by atomic mass is 10.2. The smallest absolute Gasteiger partial charge is 0.265 e. The number of anilines is 2. The maximum atomic E-state index is 12.3. The second kappa shape index (κ2) is 7.39. The molecule has 0 radical (unpaired) electrons. The largest absolute Gasteiger partial charge is 0.481 e. The van der Waals surface area contributed by atoms with Crippen LogP contribution in [0.2, 0.25) is 0 Å². The van der Waals surface area contributed by atoms with Crippen molar-refractivity contribution in [1.29, 1.82) is 0 Å². The van der Waals surface area contributed by atoms with E-state index < -0.39 is 6.10 Å². The molecule has 4 nitrogen and oxygen atoms in total. The van der Waals surface area contributed by atoms with Crippen molar-refractivity contribution in [2.75, 3.05) is 23.3 Å². The molecule has 1 saturated heterocycles. The van der Waals surface area contributed by atoms with Crippen molar-refractivity contribution in [3.63, 3.8) is 0 Å². The van der Waals surface area contributed by atoms with Gasteiger partial charge in [-0.2, -0.15) is 0 Å². The van der Waals surface area contributed by atoms with Gasteiger partial charge in [-0.25, -0.2) is 0 Å². The minimum Gasteiger partial charge on any atom is -0.481 e. The molecule has 0 aliphatic carbocycles. The summed E-state index contributed by atoms with van der Waals surface area (Å²) in [5.74, 6) is 0.594. The summed E-state index contributed by atoms with van der Waals surface area (Å²) < 4.78 is 5.76. The average Bonchev–Trinajstić information content (AvgIpc) is 3.12. The van der Waals surface area contributed by atoms with Gasteiger partial charge < -0.3 is 15.0 Å². The van der Waals surface area contributed by atoms with E-state index in [0.29, 0.717) is 0 Å². The maximum Gasteiger partial charge on any atom is 0.265 e. The van der Waals surface area contributed by atoms with Gasteiger partial charge in [-0.05, 0) is 62.6 Å². The second-order valence-corrected chi connectivity index (χ2v) is 6.26. The van der Waals surface area contributed by atoms with E-state index in [4.69, 9.17) is 4.74 Å². The minimum atomic E-state index is -0.552. The molecule has 0 aromatic heterocycles. The highest BCUT2D eigenvalue weighted by Crippen LogP contribution is 2.22. The number of ether oxygens (including phenoxy) is 1. The number of nitrogens with one attached hydrogen (secondary N) is 1. The van der Waals surface area contributed by atoms with E-state index >= 15 is 0 Å². The van der Waals surface area contributed by atoms with E-state index in [-0.39, 0.29) is 5.91 Å². The summed E-state index contributed by atoms with van der Waals surface area (Å²) in [6, 6.07) is 15.7. The number of carbonyl (C=O) groups excluding carboxylic acids is 1. The number of nitrogens with zero attached hydrogens (tertiary/aromatic N) is 1. The third-order valence-corrected chi connectivity index (χ3v) is 4.37. The maximum absolute atomic E-state index is 12.3. The zero-order valence-corrected chi connectivity index (χ0v) is 14.3. The predicted molar refractivity (Wildman–Crippen MR) is 97.8 cm³/mol. The number of aryl methyl sites for hydroxylation is 1. The van der Waals surface area contributed by atoms with Gasteiger partial charge in [-0.15, -0.1) is 0 Å². The molecule has 3 rings (SSSR count). The molecule has 1 heterocycles. The fraction of sp³-hybridized carbons (Fsp3) is 0.350. The quantitative estimate of drug-likeness (QED) is 0.904. The lowest BCUT2D eigenvalue weighted by Gasteiger charge is -2.19. The molecular weight excluding hydrogens is 300 g/mol. The summed E-state index contributed by atoms with van der Waals surface area (Å²) in [6.45, 7) is 5.97. The number of benzene rings is 2. The molecule has 1 atom stereocenters. The molecular formula is C20H24N2O2. The van der Waals surface area contributed by atoms with Crippen LogP contribution < -0.4 is 15.0 Å². The Hall–Kier alpha value is -2.49. The van der Waals surface area contributed by atoms with Crippen LogP contribution in [0, 0.1) is 6.92 Å². The molecule has 0 spiro atoms. The van der Waals surface area contributed by atoms with Crippen molar-refractivity contribution in [2.45, 2.75) is 32.8 Å². The number of hydrogen-bond acceptors (Lipinski definition) is 3. The number of hydrogen-bond donors (Lipinski definition) is 1. The molecule has 24 heavy (non-hydrogen) atoms. The van der Waals surface area contributed by atoms with Gasteiger partial charge in [0, 0.05) is 24.5 Å². The Morgan fingerprint density at radius 3 is 2.42 bits per heavy atom. The van der Waals surface area contributed by atoms with E-state index in [1.165, 1.54) is 18.5 Å². The second-order valence-electron chi connectivity index (χ2n) is 6.26. The van der Waals surface area contributed by atoms with Gasteiger partial charge in [-0.1, -0.05) is 18.2 Å². The zero-order valence-electron chi connectivity index (χ0n) is 14.3. The lowest BCUT2D eigenvalue weighted by Crippen LogP contribution is -2.30. The highest BCUT2D eigenvalue weighted by Gasteiger charge is 2.16. The van der Waals surface area contributed by atoms with Gasteiger partial charge in [-0.3, -0.25) is 4.79 Å². The van der Waals surface area contributed by atoms with Crippen molar-refractivity contribution in [1.82, 2.24) is 0 Å². The molecule has 1 N–H and O–H groups in total. The first-order chi connectivity index (χ1) is 11.6. The highest BCUT2D eigenvalue weighted by molar-refractivity contribution is 5.94. The molecule has 2 aromatic carbocycles. The number of amides is 1. The van der Waals surface area contributed by atoms with Crippen LogP contribution in [0.3, 0.4) is 0 Å². The van der Waals surface area contributed by atoms with E-state index in [0.717, 1.165) is 30.1 Å². The first-order valence-corrected chi connectivity index (χ1v) is 8.51. The molecule has 1 aliphatic heterocycles. The van der Waals surface area contributed by atoms with Crippen LogP contribution >= 0.6 is 0 Å². The Labute approximate surface area is 143 Å². The monoisotopic (exact) mass is 324 g/mol. The number of para-hydroxylation sites is 1. The SMILES string of the molecule is Cc1ccccc1OC(C)C(=O)Nc1ccc(N2CCCC2)cc1. The summed E-state index contributed by atoms with van der Waals surface area (Å²) in [5, 5.41) is 2.92. The Morgan fingerprint density at radius 2 is 1.75 bits per heavy atom. The van der Waals surface area contributed by atoms with Crippen molar-refractivity contribution < 1.29 is 9.53 Å². The standard InChI is InChI=1S/C20H24N2O2/c1-15-7-3-4-8-19(15)24-16(2)20(23)21-17-9-11-18(12-10-17)22-13-5-6-14-22/h3-4,7-12,16H,5-6,13-14H2,1-2H3,(H,21,23). The molecule has 1 unspecified atom stereocenters. The fourth-order valence-corrected chi connectivity index (χ4v) is 2.91. The van der Waals surface area contributed by atoms with Crippen molar-refractivity contribution in [2.24, 2.45) is 0 Å². The minimum absolute atomic E-state index is 0.146. The Morgan fingerprint density at radius 1 is 1.08 bits per heavy atom. The lowest BCUT2D eigenvalue weighted by molar-refractivity contribution is -0.122. The van der Waals surface area contributed by atoms with Crippen molar-refractivity contribution in [3.05, 3.63) is 54.1 Å². The van der Waals surface area contributed by atoms with E-state index in [2.05, 4.69) is 22.3 Å². The third-order valence-electron chi connectivity index (χ3n) is 4.37. The summed E-state index contributed by atoms with van der Waals surface area (Å²) in [5.41, 5.74) is 3.03. The summed E-state index contributed by atoms with van der Waals surface area (Å²) in [7, 11) is 0. The van der Waals surface area contributed by atoms with Crippen LogP contribution in [0.25, 0.3) is 0 Å². The molecule has 126 valence electrons. The van der Waals surface area contributed by atoms with Crippen LogP contribution in [0.1, 0.15) is 25.3 Å². The van der Waals surface area contributed by atoms with Gasteiger partial charge in [0.2, 0.25) is 0 Å². The molecule has 4 heteroatoms. The van der Waals surface area contributed by atoms with Crippen LogP contribution in [-0.4, -0.2) is 25.1 Å². The molecule has 1 aliphatic rings. The first kappa shape index (κ1) is 16.4. The molecule has 2 aromatic rings. The summed E-state index contributed by atoms with van der Waals surface area (Å²) >= 11 is 0. The van der Waals surface area contributed by atoms with Gasteiger partial charge in [0.15, 0.2) is 6.10 Å². The van der Waals surface area contributed by atoms with Crippen molar-refractivity contribution in [3.8, 4) is 5.75 Å². The van der Waals surface area contributed by atoms with Crippen LogP contribution in [0.15, 0.2) is 48.5 Å². The van der Waals surface area contributed by atoms with Gasteiger partial charge in [0.1, 0.15) is 5.75 Å². The number of carbonyl (C=O) groups is 1. The topological polar surface area (TPSA) is 41.6 Å². The first-order valence-electron chi connectivity index (χ1n) is 8.51. The molecule has 0 saturated carbocycles. The van der Waals surface area contributed by atoms with Crippen molar-refractivity contribution >= 4 is 17.3 Å².